The summed E-state index contributed by atoms with van der Waals surface area (Å²) in [6, 6.07) is 4.94. The number of benzene rings is 1. The number of thiophene rings is 1. The van der Waals surface area contributed by atoms with Crippen LogP contribution in [0.15, 0.2) is 34.1 Å². The van der Waals surface area contributed by atoms with E-state index in [0.29, 0.717) is 0 Å². The molecule has 0 spiro atoms. The number of aliphatic hydroxyl groups excluding tert-OH is 1. The molecular formula is C12H9BrF2OS. The van der Waals surface area contributed by atoms with Gasteiger partial charge in [0.1, 0.15) is 11.6 Å². The predicted molar refractivity (Wildman–Crippen MR) is 67.0 cm³/mol. The Morgan fingerprint density at radius 2 is 2.06 bits per heavy atom. The van der Waals surface area contributed by atoms with Crippen molar-refractivity contribution in [3.63, 3.8) is 0 Å². The molecule has 0 aliphatic rings. The van der Waals surface area contributed by atoms with Crippen molar-refractivity contribution in [2.24, 2.45) is 0 Å². The largest absolute Gasteiger partial charge is 0.388 e. The van der Waals surface area contributed by atoms with E-state index in [0.717, 1.165) is 27.5 Å². The highest BCUT2D eigenvalue weighted by molar-refractivity contribution is 9.10. The van der Waals surface area contributed by atoms with E-state index >= 15 is 0 Å². The van der Waals surface area contributed by atoms with Gasteiger partial charge in [0.25, 0.3) is 0 Å². The Labute approximate surface area is 110 Å². The molecule has 0 fully saturated rings. The standard InChI is InChI=1S/C12H9BrF2OS/c13-9-3-4-17-12(9)6-11(16)8-5-7(14)1-2-10(8)15/h1-5,11,16H,6H2. The van der Waals surface area contributed by atoms with E-state index < -0.39 is 17.7 Å². The Balaban J connectivity index is 2.23. The van der Waals surface area contributed by atoms with E-state index in [9.17, 15) is 13.9 Å². The molecule has 0 radical (unpaired) electrons. The van der Waals surface area contributed by atoms with Crippen LogP contribution in [0, 0.1) is 11.6 Å². The van der Waals surface area contributed by atoms with Gasteiger partial charge in [-0.15, -0.1) is 11.3 Å². The zero-order valence-corrected chi connectivity index (χ0v) is 11.1. The van der Waals surface area contributed by atoms with Crippen molar-refractivity contribution in [3.8, 4) is 0 Å². The van der Waals surface area contributed by atoms with E-state index in [2.05, 4.69) is 15.9 Å². The molecule has 0 saturated heterocycles. The van der Waals surface area contributed by atoms with Crippen molar-refractivity contribution in [1.29, 1.82) is 0 Å². The smallest absolute Gasteiger partial charge is 0.129 e. The van der Waals surface area contributed by atoms with Gasteiger partial charge in [0, 0.05) is 21.3 Å². The van der Waals surface area contributed by atoms with Gasteiger partial charge in [-0.25, -0.2) is 8.78 Å². The molecule has 90 valence electrons. The highest BCUT2D eigenvalue weighted by Gasteiger charge is 2.16. The fraction of sp³-hybridized carbons (Fsp3) is 0.167. The van der Waals surface area contributed by atoms with Gasteiger partial charge < -0.3 is 5.11 Å². The maximum atomic E-state index is 13.4. The summed E-state index contributed by atoms with van der Waals surface area (Å²) in [7, 11) is 0. The first kappa shape index (κ1) is 12.7. The average molecular weight is 319 g/mol. The van der Waals surface area contributed by atoms with Crippen LogP contribution in [0.1, 0.15) is 16.5 Å². The Morgan fingerprint density at radius 3 is 2.71 bits per heavy atom. The maximum Gasteiger partial charge on any atom is 0.129 e. The average Bonchev–Trinajstić information content (AvgIpc) is 2.68. The highest BCUT2D eigenvalue weighted by atomic mass is 79.9. The van der Waals surface area contributed by atoms with E-state index in [1.54, 1.807) is 0 Å². The molecule has 17 heavy (non-hydrogen) atoms. The summed E-state index contributed by atoms with van der Waals surface area (Å²) >= 11 is 4.79. The van der Waals surface area contributed by atoms with E-state index in [-0.39, 0.29) is 12.0 Å². The van der Waals surface area contributed by atoms with Crippen LogP contribution < -0.4 is 0 Å². The highest BCUT2D eigenvalue weighted by Crippen LogP contribution is 2.29. The van der Waals surface area contributed by atoms with Gasteiger partial charge in [0.05, 0.1) is 6.10 Å². The number of halogens is 3. The second kappa shape index (κ2) is 5.25. The SMILES string of the molecule is OC(Cc1sccc1Br)c1cc(F)ccc1F. The van der Waals surface area contributed by atoms with Crippen LogP contribution in [0.4, 0.5) is 8.78 Å². The summed E-state index contributed by atoms with van der Waals surface area (Å²) < 4.78 is 27.3. The molecule has 1 unspecified atom stereocenters. The van der Waals surface area contributed by atoms with Crippen molar-refractivity contribution in [1.82, 2.24) is 0 Å². The molecule has 1 atom stereocenters. The molecule has 1 nitrogen and oxygen atoms in total. The summed E-state index contributed by atoms with van der Waals surface area (Å²) in [5.74, 6) is -1.14. The summed E-state index contributed by atoms with van der Waals surface area (Å²) in [4.78, 5) is 0.904. The fourth-order valence-electron chi connectivity index (χ4n) is 1.53. The summed E-state index contributed by atoms with van der Waals surface area (Å²) in [6.45, 7) is 0. The fourth-order valence-corrected chi connectivity index (χ4v) is 3.08. The van der Waals surface area contributed by atoms with Crippen LogP contribution in [-0.4, -0.2) is 5.11 Å². The number of hydrogen-bond donors (Lipinski definition) is 1. The van der Waals surface area contributed by atoms with Crippen LogP contribution in [-0.2, 0) is 6.42 Å². The van der Waals surface area contributed by atoms with Crippen molar-refractivity contribution in [2.45, 2.75) is 12.5 Å². The second-order valence-corrected chi connectivity index (χ2v) is 5.43. The predicted octanol–water partition coefficient (Wildman–Crippen LogP) is 4.06. The van der Waals surface area contributed by atoms with Crippen LogP contribution in [0.2, 0.25) is 0 Å². The molecule has 1 aromatic heterocycles. The molecule has 5 heteroatoms. The Hall–Kier alpha value is -0.780. The van der Waals surface area contributed by atoms with Crippen LogP contribution in [0.5, 0.6) is 0 Å². The molecule has 2 aromatic rings. The minimum Gasteiger partial charge on any atom is -0.388 e. The molecule has 1 heterocycles. The van der Waals surface area contributed by atoms with E-state index in [1.165, 1.54) is 11.3 Å². The van der Waals surface area contributed by atoms with E-state index in [1.807, 2.05) is 11.4 Å². The summed E-state index contributed by atoms with van der Waals surface area (Å²) in [5.41, 5.74) is -0.00898. The van der Waals surface area contributed by atoms with Gasteiger partial charge in [-0.1, -0.05) is 0 Å². The Morgan fingerprint density at radius 1 is 1.29 bits per heavy atom. The van der Waals surface area contributed by atoms with Gasteiger partial charge >= 0.3 is 0 Å². The first-order valence-corrected chi connectivity index (χ1v) is 6.60. The quantitative estimate of drug-likeness (QED) is 0.904. The van der Waals surface area contributed by atoms with Crippen LogP contribution in [0.25, 0.3) is 0 Å². The monoisotopic (exact) mass is 318 g/mol. The maximum absolute atomic E-state index is 13.4. The second-order valence-electron chi connectivity index (χ2n) is 3.58. The third kappa shape index (κ3) is 2.91. The Bertz CT molecular complexity index is 527. The molecule has 2 rings (SSSR count). The third-order valence-electron chi connectivity index (χ3n) is 2.39. The van der Waals surface area contributed by atoms with Crippen molar-refractivity contribution in [3.05, 3.63) is 56.2 Å². The van der Waals surface area contributed by atoms with Crippen LogP contribution >= 0.6 is 27.3 Å². The topological polar surface area (TPSA) is 20.2 Å². The molecule has 0 aliphatic carbocycles. The van der Waals surface area contributed by atoms with Gasteiger partial charge in [-0.3, -0.25) is 0 Å². The lowest BCUT2D eigenvalue weighted by molar-refractivity contribution is 0.174. The first-order chi connectivity index (χ1) is 8.08. The van der Waals surface area contributed by atoms with Crippen LogP contribution in [0.3, 0.4) is 0 Å². The lowest BCUT2D eigenvalue weighted by Crippen LogP contribution is -2.04. The van der Waals surface area contributed by atoms with Gasteiger partial charge in [-0.2, -0.15) is 0 Å². The van der Waals surface area contributed by atoms with Crippen molar-refractivity contribution in [2.75, 3.05) is 0 Å². The number of hydrogen-bond acceptors (Lipinski definition) is 2. The lowest BCUT2D eigenvalue weighted by atomic mass is 10.1. The van der Waals surface area contributed by atoms with Gasteiger partial charge in [0.2, 0.25) is 0 Å². The third-order valence-corrected chi connectivity index (χ3v) is 4.34. The molecule has 0 amide bonds. The molecule has 0 bridgehead atoms. The summed E-state index contributed by atoms with van der Waals surface area (Å²) in [6.07, 6.45) is -0.779. The lowest BCUT2D eigenvalue weighted by Gasteiger charge is -2.11. The number of aliphatic hydroxyl groups is 1. The normalized spacial score (nSPS) is 12.7. The molecular weight excluding hydrogens is 310 g/mol. The minimum atomic E-state index is -1.04. The van der Waals surface area contributed by atoms with Gasteiger partial charge in [-0.05, 0) is 45.6 Å². The summed E-state index contributed by atoms with van der Waals surface area (Å²) in [5, 5.41) is 11.8. The molecule has 1 aromatic carbocycles. The molecule has 0 saturated carbocycles. The van der Waals surface area contributed by atoms with Crippen molar-refractivity contribution < 1.29 is 13.9 Å². The van der Waals surface area contributed by atoms with Crippen molar-refractivity contribution >= 4 is 27.3 Å². The molecule has 0 aliphatic heterocycles. The Kier molecular flexibility index (Phi) is 3.91. The zero-order valence-electron chi connectivity index (χ0n) is 8.66. The minimum absolute atomic E-state index is 0.00898. The number of rotatable bonds is 3. The molecule has 1 N–H and O–H groups in total. The van der Waals surface area contributed by atoms with E-state index in [4.69, 9.17) is 0 Å². The first-order valence-electron chi connectivity index (χ1n) is 4.93. The zero-order chi connectivity index (χ0) is 12.4. The van der Waals surface area contributed by atoms with Gasteiger partial charge in [0.15, 0.2) is 0 Å².